The number of carbonyl (C=O) groups is 1. The van der Waals surface area contributed by atoms with Crippen LogP contribution in [0.1, 0.15) is 35.2 Å². The highest BCUT2D eigenvalue weighted by atomic mass is 79.9. The van der Waals surface area contributed by atoms with Crippen LogP contribution in [-0.2, 0) is 6.61 Å². The third-order valence-corrected chi connectivity index (χ3v) is 4.78. The van der Waals surface area contributed by atoms with Gasteiger partial charge in [-0.05, 0) is 59.3 Å². The van der Waals surface area contributed by atoms with Gasteiger partial charge in [-0.15, -0.1) is 0 Å². The molecule has 2 heterocycles. The second-order valence-electron chi connectivity index (χ2n) is 6.20. The topological polar surface area (TPSA) is 77.5 Å². The Balaban J connectivity index is 1.39. The molecule has 0 saturated heterocycles. The number of ether oxygens (including phenoxy) is 1. The summed E-state index contributed by atoms with van der Waals surface area (Å²) in [6.07, 6.45) is 0. The van der Waals surface area contributed by atoms with Crippen molar-refractivity contribution in [3.8, 4) is 5.75 Å². The number of carbonyl (C=O) groups excluding carboxylic acids is 1. The van der Waals surface area contributed by atoms with Gasteiger partial charge in [-0.1, -0.05) is 24.3 Å². The molecule has 2 aromatic carbocycles. The standard InChI is InChI=1S/C21H17BrN2O4/c1-13(21-24-16-7-3-5-9-18(16)28-21)23-20(25)19-11-10-14(27-19)12-26-17-8-4-2-6-15(17)22/h2-11,13H,12H2,1H3,(H,23,25). The Hall–Kier alpha value is -3.06. The van der Waals surface area contributed by atoms with Gasteiger partial charge < -0.3 is 18.9 Å². The van der Waals surface area contributed by atoms with Crippen LogP contribution in [0.25, 0.3) is 11.1 Å². The van der Waals surface area contributed by atoms with E-state index >= 15 is 0 Å². The zero-order valence-corrected chi connectivity index (χ0v) is 16.6. The Bertz CT molecular complexity index is 1090. The van der Waals surface area contributed by atoms with Crippen LogP contribution in [0.4, 0.5) is 0 Å². The fraction of sp³-hybridized carbons (Fsp3) is 0.143. The molecule has 1 amide bonds. The van der Waals surface area contributed by atoms with Gasteiger partial charge in [0.2, 0.25) is 5.89 Å². The van der Waals surface area contributed by atoms with Crippen molar-refractivity contribution in [3.63, 3.8) is 0 Å². The van der Waals surface area contributed by atoms with Crippen LogP contribution >= 0.6 is 15.9 Å². The third-order valence-electron chi connectivity index (χ3n) is 4.12. The molecular formula is C21H17BrN2O4. The molecule has 7 heteroatoms. The maximum atomic E-state index is 12.5. The number of para-hydroxylation sites is 3. The molecule has 4 rings (SSSR count). The second kappa shape index (κ2) is 7.90. The van der Waals surface area contributed by atoms with Crippen molar-refractivity contribution in [2.24, 2.45) is 0 Å². The zero-order chi connectivity index (χ0) is 19.5. The summed E-state index contributed by atoms with van der Waals surface area (Å²) in [5.41, 5.74) is 1.44. The molecule has 1 atom stereocenters. The van der Waals surface area contributed by atoms with Gasteiger partial charge in [-0.25, -0.2) is 4.98 Å². The van der Waals surface area contributed by atoms with Crippen LogP contribution in [-0.4, -0.2) is 10.9 Å². The van der Waals surface area contributed by atoms with E-state index in [2.05, 4.69) is 26.2 Å². The summed E-state index contributed by atoms with van der Waals surface area (Å²) >= 11 is 3.43. The molecular weight excluding hydrogens is 424 g/mol. The number of nitrogens with zero attached hydrogens (tertiary/aromatic N) is 1. The van der Waals surface area contributed by atoms with E-state index in [1.165, 1.54) is 0 Å². The number of hydrogen-bond donors (Lipinski definition) is 1. The minimum Gasteiger partial charge on any atom is -0.484 e. The quantitative estimate of drug-likeness (QED) is 0.442. The molecule has 1 N–H and O–H groups in total. The molecule has 6 nitrogen and oxygen atoms in total. The molecule has 142 valence electrons. The lowest BCUT2D eigenvalue weighted by Gasteiger charge is -2.09. The summed E-state index contributed by atoms with van der Waals surface area (Å²) in [6, 6.07) is 17.9. The van der Waals surface area contributed by atoms with Gasteiger partial charge >= 0.3 is 0 Å². The highest BCUT2D eigenvalue weighted by Crippen LogP contribution is 2.25. The first-order valence-corrected chi connectivity index (χ1v) is 9.52. The lowest BCUT2D eigenvalue weighted by atomic mass is 10.3. The highest BCUT2D eigenvalue weighted by molar-refractivity contribution is 9.10. The second-order valence-corrected chi connectivity index (χ2v) is 7.05. The number of halogens is 1. The van der Waals surface area contributed by atoms with Crippen molar-refractivity contribution in [2.75, 3.05) is 0 Å². The number of furan rings is 1. The van der Waals surface area contributed by atoms with Crippen molar-refractivity contribution in [3.05, 3.63) is 82.5 Å². The van der Waals surface area contributed by atoms with Gasteiger partial charge in [-0.2, -0.15) is 0 Å². The van der Waals surface area contributed by atoms with Crippen molar-refractivity contribution in [1.29, 1.82) is 0 Å². The summed E-state index contributed by atoms with van der Waals surface area (Å²) in [5, 5.41) is 2.83. The predicted molar refractivity (Wildman–Crippen MR) is 107 cm³/mol. The van der Waals surface area contributed by atoms with Crippen LogP contribution in [0.3, 0.4) is 0 Å². The number of benzene rings is 2. The molecule has 0 aliphatic heterocycles. The van der Waals surface area contributed by atoms with Crippen molar-refractivity contribution in [1.82, 2.24) is 10.3 Å². The first-order chi connectivity index (χ1) is 13.6. The highest BCUT2D eigenvalue weighted by Gasteiger charge is 2.19. The Kier molecular flexibility index (Phi) is 5.16. The van der Waals surface area contributed by atoms with E-state index in [4.69, 9.17) is 13.6 Å². The van der Waals surface area contributed by atoms with Crippen molar-refractivity contribution in [2.45, 2.75) is 19.6 Å². The van der Waals surface area contributed by atoms with Gasteiger partial charge in [0, 0.05) is 0 Å². The first-order valence-electron chi connectivity index (χ1n) is 8.72. The fourth-order valence-corrected chi connectivity index (χ4v) is 3.09. The zero-order valence-electron chi connectivity index (χ0n) is 15.0. The molecule has 4 aromatic rings. The molecule has 0 aliphatic rings. The number of nitrogens with one attached hydrogen (secondary N) is 1. The fourth-order valence-electron chi connectivity index (χ4n) is 2.69. The molecule has 0 spiro atoms. The summed E-state index contributed by atoms with van der Waals surface area (Å²) in [6.45, 7) is 2.03. The van der Waals surface area contributed by atoms with Crippen LogP contribution in [0.5, 0.6) is 5.75 Å². The van der Waals surface area contributed by atoms with Gasteiger partial charge in [0.15, 0.2) is 11.3 Å². The summed E-state index contributed by atoms with van der Waals surface area (Å²) in [5.74, 6) is 1.55. The largest absolute Gasteiger partial charge is 0.484 e. The van der Waals surface area contributed by atoms with Crippen LogP contribution < -0.4 is 10.1 Å². The summed E-state index contributed by atoms with van der Waals surface area (Å²) in [4.78, 5) is 16.9. The lowest BCUT2D eigenvalue weighted by Crippen LogP contribution is -2.26. The van der Waals surface area contributed by atoms with Crippen LogP contribution in [0.15, 0.2) is 74.0 Å². The van der Waals surface area contributed by atoms with E-state index in [9.17, 15) is 4.79 Å². The maximum absolute atomic E-state index is 12.5. The van der Waals surface area contributed by atoms with E-state index in [0.717, 1.165) is 9.99 Å². The van der Waals surface area contributed by atoms with E-state index in [1.807, 2.05) is 55.5 Å². The SMILES string of the molecule is CC(NC(=O)c1ccc(COc2ccccc2Br)o1)c1nc2ccccc2o1. The minimum absolute atomic E-state index is 0.202. The number of aromatic nitrogens is 1. The monoisotopic (exact) mass is 440 g/mol. The van der Waals surface area contributed by atoms with Crippen LogP contribution in [0, 0.1) is 0 Å². The molecule has 0 saturated carbocycles. The number of fused-ring (bicyclic) bond motifs is 1. The van der Waals surface area contributed by atoms with Gasteiger partial charge in [0.05, 0.1) is 4.47 Å². The van der Waals surface area contributed by atoms with E-state index in [0.29, 0.717) is 23.0 Å². The average Bonchev–Trinajstić information content (AvgIpc) is 3.34. The van der Waals surface area contributed by atoms with Crippen LogP contribution in [0.2, 0.25) is 0 Å². The van der Waals surface area contributed by atoms with Crippen molar-refractivity contribution < 1.29 is 18.4 Å². The molecule has 28 heavy (non-hydrogen) atoms. The Morgan fingerprint density at radius 3 is 2.71 bits per heavy atom. The number of oxazole rings is 1. The predicted octanol–water partition coefficient (Wildman–Crippen LogP) is 5.25. The van der Waals surface area contributed by atoms with Crippen molar-refractivity contribution >= 4 is 32.9 Å². The summed E-state index contributed by atoms with van der Waals surface area (Å²) < 4.78 is 17.8. The Morgan fingerprint density at radius 2 is 1.89 bits per heavy atom. The maximum Gasteiger partial charge on any atom is 0.287 e. The normalized spacial score (nSPS) is 12.1. The molecule has 0 bridgehead atoms. The van der Waals surface area contributed by atoms with E-state index in [-0.39, 0.29) is 18.3 Å². The lowest BCUT2D eigenvalue weighted by molar-refractivity contribution is 0.0902. The van der Waals surface area contributed by atoms with Gasteiger partial charge in [0.25, 0.3) is 5.91 Å². The Morgan fingerprint density at radius 1 is 1.11 bits per heavy atom. The molecule has 0 fully saturated rings. The van der Waals surface area contributed by atoms with E-state index < -0.39 is 6.04 Å². The molecule has 1 unspecified atom stereocenters. The van der Waals surface area contributed by atoms with E-state index in [1.54, 1.807) is 12.1 Å². The Labute approximate surface area is 169 Å². The number of hydrogen-bond acceptors (Lipinski definition) is 5. The minimum atomic E-state index is -0.398. The summed E-state index contributed by atoms with van der Waals surface area (Å²) in [7, 11) is 0. The number of rotatable bonds is 6. The smallest absolute Gasteiger partial charge is 0.287 e. The van der Waals surface area contributed by atoms with Gasteiger partial charge in [0.1, 0.15) is 29.7 Å². The average molecular weight is 441 g/mol. The first kappa shape index (κ1) is 18.3. The van der Waals surface area contributed by atoms with Gasteiger partial charge in [-0.3, -0.25) is 4.79 Å². The third kappa shape index (κ3) is 3.94. The molecule has 2 aromatic heterocycles. The number of amides is 1. The molecule has 0 aliphatic carbocycles. The molecule has 0 radical (unpaired) electrons.